The van der Waals surface area contributed by atoms with Crippen molar-refractivity contribution in [3.8, 4) is 5.75 Å². The van der Waals surface area contributed by atoms with E-state index >= 15 is 0 Å². The first-order chi connectivity index (χ1) is 12.3. The zero-order chi connectivity index (χ0) is 19.2. The molecule has 2 aromatic carbocycles. The number of benzene rings is 2. The van der Waals surface area contributed by atoms with Gasteiger partial charge in [-0.05, 0) is 24.6 Å². The van der Waals surface area contributed by atoms with Gasteiger partial charge in [-0.25, -0.2) is 8.42 Å². The van der Waals surface area contributed by atoms with Crippen molar-refractivity contribution in [1.82, 2.24) is 5.32 Å². The Balaban J connectivity index is 2.01. The van der Waals surface area contributed by atoms with Gasteiger partial charge < -0.3 is 10.1 Å². The SMILES string of the molecule is COc1ccccc1N(CCNC(=O)Cc1cccc(C)c1)S(C)(=O)=O. The second kappa shape index (κ2) is 8.71. The summed E-state index contributed by atoms with van der Waals surface area (Å²) in [5.41, 5.74) is 2.47. The summed E-state index contributed by atoms with van der Waals surface area (Å²) in [7, 11) is -2.02. The molecule has 2 aromatic rings. The molecule has 0 aliphatic heterocycles. The van der Waals surface area contributed by atoms with Crippen molar-refractivity contribution in [3.05, 3.63) is 59.7 Å². The van der Waals surface area contributed by atoms with Gasteiger partial charge in [0.25, 0.3) is 0 Å². The van der Waals surface area contributed by atoms with Crippen LogP contribution in [0.2, 0.25) is 0 Å². The third-order valence-corrected chi connectivity index (χ3v) is 5.02. The first-order valence-electron chi connectivity index (χ1n) is 8.24. The van der Waals surface area contributed by atoms with Gasteiger partial charge in [-0.1, -0.05) is 42.0 Å². The Morgan fingerprint density at radius 3 is 2.54 bits per heavy atom. The van der Waals surface area contributed by atoms with E-state index in [9.17, 15) is 13.2 Å². The van der Waals surface area contributed by atoms with E-state index in [1.54, 1.807) is 24.3 Å². The van der Waals surface area contributed by atoms with Crippen LogP contribution in [0.1, 0.15) is 11.1 Å². The van der Waals surface area contributed by atoms with E-state index < -0.39 is 10.0 Å². The first-order valence-corrected chi connectivity index (χ1v) is 10.1. The van der Waals surface area contributed by atoms with Crippen molar-refractivity contribution in [2.75, 3.05) is 30.8 Å². The molecule has 0 aromatic heterocycles. The van der Waals surface area contributed by atoms with Crippen molar-refractivity contribution < 1.29 is 17.9 Å². The van der Waals surface area contributed by atoms with Crippen LogP contribution in [-0.4, -0.2) is 40.8 Å². The van der Waals surface area contributed by atoms with E-state index in [-0.39, 0.29) is 25.4 Å². The number of aryl methyl sites for hydroxylation is 1. The molecule has 26 heavy (non-hydrogen) atoms. The van der Waals surface area contributed by atoms with E-state index in [4.69, 9.17) is 4.74 Å². The fourth-order valence-corrected chi connectivity index (χ4v) is 3.60. The van der Waals surface area contributed by atoms with Gasteiger partial charge in [0.2, 0.25) is 15.9 Å². The molecule has 140 valence electrons. The van der Waals surface area contributed by atoms with Crippen molar-refractivity contribution >= 4 is 21.6 Å². The third-order valence-electron chi connectivity index (χ3n) is 3.84. The Bertz CT molecular complexity index is 865. The number of carbonyl (C=O) groups is 1. The van der Waals surface area contributed by atoms with Crippen molar-refractivity contribution in [2.45, 2.75) is 13.3 Å². The van der Waals surface area contributed by atoms with E-state index in [0.29, 0.717) is 11.4 Å². The minimum absolute atomic E-state index is 0.124. The van der Waals surface area contributed by atoms with Gasteiger partial charge in [0, 0.05) is 6.54 Å². The summed E-state index contributed by atoms with van der Waals surface area (Å²) in [4.78, 5) is 12.1. The third kappa shape index (κ3) is 5.49. The number of nitrogens with one attached hydrogen (secondary N) is 1. The number of anilines is 1. The van der Waals surface area contributed by atoms with Crippen LogP contribution < -0.4 is 14.4 Å². The molecular formula is C19H24N2O4S. The lowest BCUT2D eigenvalue weighted by molar-refractivity contribution is -0.120. The number of rotatable bonds is 8. The topological polar surface area (TPSA) is 75.7 Å². The van der Waals surface area contributed by atoms with E-state index in [1.807, 2.05) is 31.2 Å². The highest BCUT2D eigenvalue weighted by Gasteiger charge is 2.20. The van der Waals surface area contributed by atoms with Gasteiger partial charge in [-0.2, -0.15) is 0 Å². The fraction of sp³-hybridized carbons (Fsp3) is 0.316. The summed E-state index contributed by atoms with van der Waals surface area (Å²) in [5.74, 6) is 0.313. The molecular weight excluding hydrogens is 352 g/mol. The van der Waals surface area contributed by atoms with Gasteiger partial charge in [0.15, 0.2) is 0 Å². The second-order valence-electron chi connectivity index (χ2n) is 6.02. The van der Waals surface area contributed by atoms with Crippen molar-refractivity contribution in [1.29, 1.82) is 0 Å². The zero-order valence-corrected chi connectivity index (χ0v) is 16.0. The molecule has 6 nitrogen and oxygen atoms in total. The summed E-state index contributed by atoms with van der Waals surface area (Å²) in [5, 5.41) is 2.77. The molecule has 0 unspecified atom stereocenters. The Kier molecular flexibility index (Phi) is 6.63. The smallest absolute Gasteiger partial charge is 0.232 e. The van der Waals surface area contributed by atoms with Gasteiger partial charge in [-0.15, -0.1) is 0 Å². The molecule has 0 heterocycles. The van der Waals surface area contributed by atoms with Crippen LogP contribution in [-0.2, 0) is 21.2 Å². The zero-order valence-electron chi connectivity index (χ0n) is 15.2. The quantitative estimate of drug-likeness (QED) is 0.766. The number of nitrogens with zero attached hydrogens (tertiary/aromatic N) is 1. The number of ether oxygens (including phenoxy) is 1. The summed E-state index contributed by atoms with van der Waals surface area (Å²) in [6.07, 6.45) is 1.39. The van der Waals surface area contributed by atoms with Crippen molar-refractivity contribution in [3.63, 3.8) is 0 Å². The van der Waals surface area contributed by atoms with E-state index in [1.165, 1.54) is 11.4 Å². The molecule has 1 amide bonds. The number of amides is 1. The van der Waals surface area contributed by atoms with Crippen LogP contribution in [0.4, 0.5) is 5.69 Å². The van der Waals surface area contributed by atoms with Gasteiger partial charge in [0.1, 0.15) is 5.75 Å². The van der Waals surface area contributed by atoms with E-state index in [2.05, 4.69) is 5.32 Å². The Morgan fingerprint density at radius 1 is 1.15 bits per heavy atom. The molecule has 7 heteroatoms. The molecule has 0 aliphatic rings. The fourth-order valence-electron chi connectivity index (χ4n) is 2.67. The number of carbonyl (C=O) groups excluding carboxylic acids is 1. The maximum absolute atomic E-state index is 12.2. The van der Waals surface area contributed by atoms with Crippen LogP contribution in [0.15, 0.2) is 48.5 Å². The van der Waals surface area contributed by atoms with Gasteiger partial charge >= 0.3 is 0 Å². The van der Waals surface area contributed by atoms with Crippen molar-refractivity contribution in [2.24, 2.45) is 0 Å². The highest BCUT2D eigenvalue weighted by Crippen LogP contribution is 2.29. The summed E-state index contributed by atoms with van der Waals surface area (Å²) in [6, 6.07) is 14.6. The second-order valence-corrected chi connectivity index (χ2v) is 7.93. The molecule has 1 N–H and O–H groups in total. The molecule has 0 saturated carbocycles. The minimum Gasteiger partial charge on any atom is -0.495 e. The van der Waals surface area contributed by atoms with Crippen LogP contribution in [0, 0.1) is 6.92 Å². The monoisotopic (exact) mass is 376 g/mol. The lowest BCUT2D eigenvalue weighted by atomic mass is 10.1. The lowest BCUT2D eigenvalue weighted by Crippen LogP contribution is -2.38. The van der Waals surface area contributed by atoms with Gasteiger partial charge in [0.05, 0.1) is 32.0 Å². The average Bonchev–Trinajstić information content (AvgIpc) is 2.57. The summed E-state index contributed by atoms with van der Waals surface area (Å²) in [6.45, 7) is 2.30. The summed E-state index contributed by atoms with van der Waals surface area (Å²) < 4.78 is 30.8. The predicted molar refractivity (Wildman–Crippen MR) is 103 cm³/mol. The Hall–Kier alpha value is -2.54. The van der Waals surface area contributed by atoms with E-state index in [0.717, 1.165) is 17.4 Å². The maximum Gasteiger partial charge on any atom is 0.232 e. The Labute approximate surface area is 154 Å². The number of hydrogen-bond acceptors (Lipinski definition) is 4. The molecule has 2 rings (SSSR count). The van der Waals surface area contributed by atoms with Crippen LogP contribution >= 0.6 is 0 Å². The number of sulfonamides is 1. The highest BCUT2D eigenvalue weighted by atomic mass is 32.2. The normalized spacial score (nSPS) is 11.0. The molecule has 0 radical (unpaired) electrons. The molecule has 0 spiro atoms. The number of methoxy groups -OCH3 is 1. The Morgan fingerprint density at radius 2 is 1.88 bits per heavy atom. The molecule has 0 bridgehead atoms. The number of para-hydroxylation sites is 2. The number of hydrogen-bond donors (Lipinski definition) is 1. The molecule has 0 atom stereocenters. The van der Waals surface area contributed by atoms with Gasteiger partial charge in [-0.3, -0.25) is 9.10 Å². The largest absolute Gasteiger partial charge is 0.495 e. The van der Waals surface area contributed by atoms with Crippen LogP contribution in [0.5, 0.6) is 5.75 Å². The molecule has 0 fully saturated rings. The van der Waals surface area contributed by atoms with Crippen LogP contribution in [0.3, 0.4) is 0 Å². The predicted octanol–water partition coefficient (Wildman–Crippen LogP) is 2.13. The lowest BCUT2D eigenvalue weighted by Gasteiger charge is -2.24. The first kappa shape index (κ1) is 19.8. The molecule has 0 aliphatic carbocycles. The summed E-state index contributed by atoms with van der Waals surface area (Å²) >= 11 is 0. The van der Waals surface area contributed by atoms with Crippen LogP contribution in [0.25, 0.3) is 0 Å². The average molecular weight is 376 g/mol. The standard InChI is InChI=1S/C19H24N2O4S/c1-15-7-6-8-16(13-15)14-19(22)20-11-12-21(26(3,23)24)17-9-4-5-10-18(17)25-2/h4-10,13H,11-12,14H2,1-3H3,(H,20,22). The maximum atomic E-state index is 12.2. The minimum atomic E-state index is -3.51. The highest BCUT2D eigenvalue weighted by molar-refractivity contribution is 7.92. The molecule has 0 saturated heterocycles.